The largest absolute Gasteiger partial charge is 0.313 e. The molecule has 0 aromatic heterocycles. The first-order valence-electron chi connectivity index (χ1n) is 8.97. The molecular weight excluding hydrogens is 426 g/mol. The van der Waals surface area contributed by atoms with E-state index in [9.17, 15) is 14.2 Å². The van der Waals surface area contributed by atoms with Crippen LogP contribution < -0.4 is 5.30 Å². The van der Waals surface area contributed by atoms with Crippen LogP contribution in [-0.4, -0.2) is 11.3 Å². The van der Waals surface area contributed by atoms with Gasteiger partial charge < -0.3 is 4.57 Å². The summed E-state index contributed by atoms with van der Waals surface area (Å²) in [4.78, 5) is 25.9. The standard InChI is InChI=1S/C23H19Cl2O3P/c1-13-12-17(21(26)16-8-5-4-6-9-16)14(2)15(3)22(13)29(28)23(27)20-18(24)10-7-11-19(20)25/h4-12,29H,1-3H3. The molecule has 0 saturated carbocycles. The Hall–Kier alpha value is -2.19. The Balaban J connectivity index is 2.08. The summed E-state index contributed by atoms with van der Waals surface area (Å²) < 4.78 is 13.2. The molecule has 148 valence electrons. The van der Waals surface area contributed by atoms with Gasteiger partial charge in [-0.15, -0.1) is 0 Å². The molecule has 3 rings (SSSR count). The van der Waals surface area contributed by atoms with Crippen LogP contribution in [-0.2, 0) is 4.57 Å². The molecule has 0 radical (unpaired) electrons. The van der Waals surface area contributed by atoms with Crippen LogP contribution in [0.4, 0.5) is 0 Å². The monoisotopic (exact) mass is 444 g/mol. The predicted molar refractivity (Wildman–Crippen MR) is 120 cm³/mol. The molecule has 0 amide bonds. The Bertz CT molecular complexity index is 1130. The Kier molecular flexibility index (Phi) is 6.43. The van der Waals surface area contributed by atoms with Gasteiger partial charge in [-0.1, -0.05) is 59.6 Å². The number of carbonyl (C=O) groups excluding carboxylic acids is 2. The zero-order chi connectivity index (χ0) is 21.3. The Labute approximate surface area is 180 Å². The minimum Gasteiger partial charge on any atom is -0.313 e. The first kappa shape index (κ1) is 21.5. The van der Waals surface area contributed by atoms with Gasteiger partial charge in [0, 0.05) is 16.4 Å². The van der Waals surface area contributed by atoms with Crippen molar-refractivity contribution in [2.24, 2.45) is 0 Å². The lowest BCUT2D eigenvalue weighted by atomic mass is 9.94. The lowest BCUT2D eigenvalue weighted by Crippen LogP contribution is -2.17. The van der Waals surface area contributed by atoms with E-state index < -0.39 is 13.3 Å². The second kappa shape index (κ2) is 8.67. The molecule has 1 unspecified atom stereocenters. The molecule has 3 nitrogen and oxygen atoms in total. The highest BCUT2D eigenvalue weighted by atomic mass is 35.5. The second-order valence-corrected chi connectivity index (χ2v) is 9.24. The summed E-state index contributed by atoms with van der Waals surface area (Å²) in [7, 11) is -2.90. The molecule has 0 aliphatic rings. The van der Waals surface area contributed by atoms with Crippen molar-refractivity contribution in [2.75, 3.05) is 0 Å². The molecule has 3 aromatic rings. The van der Waals surface area contributed by atoms with Gasteiger partial charge in [-0.25, -0.2) is 0 Å². The number of benzene rings is 3. The zero-order valence-electron chi connectivity index (χ0n) is 16.2. The van der Waals surface area contributed by atoms with E-state index in [0.717, 1.165) is 0 Å². The van der Waals surface area contributed by atoms with Crippen LogP contribution in [0.5, 0.6) is 0 Å². The third-order valence-electron chi connectivity index (χ3n) is 5.00. The number of hydrogen-bond acceptors (Lipinski definition) is 3. The summed E-state index contributed by atoms with van der Waals surface area (Å²) in [6, 6.07) is 15.4. The van der Waals surface area contributed by atoms with Crippen molar-refractivity contribution in [1.82, 2.24) is 0 Å². The van der Waals surface area contributed by atoms with Gasteiger partial charge in [0.05, 0.1) is 15.6 Å². The van der Waals surface area contributed by atoms with Gasteiger partial charge >= 0.3 is 0 Å². The molecule has 3 aromatic carbocycles. The number of carbonyl (C=O) groups is 2. The molecule has 0 bridgehead atoms. The quantitative estimate of drug-likeness (QED) is 0.348. The van der Waals surface area contributed by atoms with Gasteiger partial charge in [0.25, 0.3) is 0 Å². The van der Waals surface area contributed by atoms with E-state index in [-0.39, 0.29) is 21.4 Å². The molecule has 0 aliphatic carbocycles. The lowest BCUT2D eigenvalue weighted by Gasteiger charge is -2.16. The Morgan fingerprint density at radius 1 is 0.828 bits per heavy atom. The molecule has 0 heterocycles. The highest BCUT2D eigenvalue weighted by molar-refractivity contribution is 7.71. The van der Waals surface area contributed by atoms with Crippen LogP contribution in [0.15, 0.2) is 54.6 Å². The number of rotatable bonds is 5. The highest BCUT2D eigenvalue weighted by Gasteiger charge is 2.26. The average molecular weight is 445 g/mol. The van der Waals surface area contributed by atoms with Crippen molar-refractivity contribution >= 4 is 47.6 Å². The fraction of sp³-hybridized carbons (Fsp3) is 0.130. The van der Waals surface area contributed by atoms with Gasteiger partial charge in [-0.2, -0.15) is 0 Å². The second-order valence-electron chi connectivity index (χ2n) is 6.82. The predicted octanol–water partition coefficient (Wildman–Crippen LogP) is 6.18. The van der Waals surface area contributed by atoms with E-state index in [0.29, 0.717) is 33.1 Å². The molecule has 29 heavy (non-hydrogen) atoms. The van der Waals surface area contributed by atoms with Gasteiger partial charge in [0.15, 0.2) is 13.6 Å². The van der Waals surface area contributed by atoms with E-state index in [1.54, 1.807) is 69.3 Å². The van der Waals surface area contributed by atoms with Crippen molar-refractivity contribution in [3.8, 4) is 0 Å². The van der Waals surface area contributed by atoms with Crippen molar-refractivity contribution in [2.45, 2.75) is 20.8 Å². The average Bonchev–Trinajstić information content (AvgIpc) is 2.70. The molecule has 6 heteroatoms. The number of ketones is 1. The van der Waals surface area contributed by atoms with E-state index in [1.165, 1.54) is 0 Å². The maximum Gasteiger partial charge on any atom is 0.225 e. The van der Waals surface area contributed by atoms with Crippen LogP contribution in [0.1, 0.15) is 43.0 Å². The van der Waals surface area contributed by atoms with E-state index in [1.807, 2.05) is 6.07 Å². The van der Waals surface area contributed by atoms with Crippen molar-refractivity contribution in [3.05, 3.63) is 98.0 Å². The Morgan fingerprint density at radius 3 is 2.00 bits per heavy atom. The van der Waals surface area contributed by atoms with Crippen molar-refractivity contribution in [3.63, 3.8) is 0 Å². The molecule has 0 saturated heterocycles. The van der Waals surface area contributed by atoms with Crippen LogP contribution in [0.2, 0.25) is 10.0 Å². The smallest absolute Gasteiger partial charge is 0.225 e. The summed E-state index contributed by atoms with van der Waals surface area (Å²) in [5, 5.41) is 0.797. The van der Waals surface area contributed by atoms with Gasteiger partial charge in [0.2, 0.25) is 5.52 Å². The minimum atomic E-state index is -2.90. The maximum atomic E-state index is 13.2. The van der Waals surface area contributed by atoms with Gasteiger partial charge in [0.1, 0.15) is 0 Å². The summed E-state index contributed by atoms with van der Waals surface area (Å²) in [5.41, 5.74) is 2.61. The van der Waals surface area contributed by atoms with E-state index in [2.05, 4.69) is 0 Å². The Morgan fingerprint density at radius 2 is 1.41 bits per heavy atom. The summed E-state index contributed by atoms with van der Waals surface area (Å²) in [6.07, 6.45) is 0. The summed E-state index contributed by atoms with van der Waals surface area (Å²) in [6.45, 7) is 5.34. The van der Waals surface area contributed by atoms with Gasteiger partial charge in [-0.3, -0.25) is 9.59 Å². The zero-order valence-corrected chi connectivity index (χ0v) is 18.7. The van der Waals surface area contributed by atoms with Crippen molar-refractivity contribution < 1.29 is 14.2 Å². The normalized spacial score (nSPS) is 11.9. The first-order chi connectivity index (χ1) is 13.7. The summed E-state index contributed by atoms with van der Waals surface area (Å²) >= 11 is 12.3. The summed E-state index contributed by atoms with van der Waals surface area (Å²) in [5.74, 6) is -0.110. The molecule has 0 N–H and O–H groups in total. The van der Waals surface area contributed by atoms with Crippen LogP contribution in [0.3, 0.4) is 0 Å². The van der Waals surface area contributed by atoms with Crippen LogP contribution >= 0.6 is 31.0 Å². The van der Waals surface area contributed by atoms with Crippen LogP contribution in [0.25, 0.3) is 0 Å². The molecule has 0 aliphatic heterocycles. The highest BCUT2D eigenvalue weighted by Crippen LogP contribution is 2.36. The molecule has 1 atom stereocenters. The lowest BCUT2D eigenvalue weighted by molar-refractivity contribution is 0.103. The molecule has 0 fully saturated rings. The third-order valence-corrected chi connectivity index (χ3v) is 7.52. The first-order valence-corrected chi connectivity index (χ1v) is 11.1. The molecular formula is C23H19Cl2O3P. The van der Waals surface area contributed by atoms with Crippen molar-refractivity contribution in [1.29, 1.82) is 0 Å². The fourth-order valence-corrected chi connectivity index (χ4v) is 5.76. The third kappa shape index (κ3) is 4.09. The minimum absolute atomic E-state index is 0.0700. The SMILES string of the molecule is Cc1cc(C(=O)c2ccccc2)c(C)c(C)c1[PH](=O)C(=O)c1c(Cl)cccc1Cl. The number of halogens is 2. The molecule has 0 spiro atoms. The number of hydrogen-bond donors (Lipinski definition) is 0. The van der Waals surface area contributed by atoms with Gasteiger partial charge in [-0.05, 0) is 55.7 Å². The topological polar surface area (TPSA) is 51.2 Å². The number of aryl methyl sites for hydroxylation is 1. The fourth-order valence-electron chi connectivity index (χ4n) is 3.35. The van der Waals surface area contributed by atoms with Crippen LogP contribution in [0, 0.1) is 20.8 Å². The van der Waals surface area contributed by atoms with E-state index >= 15 is 0 Å². The van der Waals surface area contributed by atoms with E-state index in [4.69, 9.17) is 23.2 Å². The maximum absolute atomic E-state index is 13.2.